The van der Waals surface area contributed by atoms with E-state index in [1.54, 1.807) is 12.1 Å². The van der Waals surface area contributed by atoms with Crippen LogP contribution in [0.5, 0.6) is 5.75 Å². The van der Waals surface area contributed by atoms with Crippen molar-refractivity contribution in [3.63, 3.8) is 0 Å². The van der Waals surface area contributed by atoms with Crippen LogP contribution in [0, 0.1) is 13.8 Å². The highest BCUT2D eigenvalue weighted by atomic mass is 16.5. The molecule has 2 aliphatic rings. The Morgan fingerprint density at radius 1 is 1.17 bits per heavy atom. The fourth-order valence-electron chi connectivity index (χ4n) is 5.33. The third-order valence-corrected chi connectivity index (χ3v) is 7.56. The second-order valence-electron chi connectivity index (χ2n) is 10.9. The Kier molecular flexibility index (Phi) is 10.7. The number of amidine groups is 1. The average Bonchev–Trinajstić information content (AvgIpc) is 3.59. The summed E-state index contributed by atoms with van der Waals surface area (Å²) in [5.41, 5.74) is 16.4. The third-order valence-electron chi connectivity index (χ3n) is 7.56. The van der Waals surface area contributed by atoms with E-state index in [0.717, 1.165) is 42.7 Å². The van der Waals surface area contributed by atoms with Crippen LogP contribution in [0.25, 0.3) is 0 Å². The highest BCUT2D eigenvalue weighted by Crippen LogP contribution is 2.27. The molecule has 0 aliphatic carbocycles. The number of hydrogen-bond acceptors (Lipinski definition) is 8. The molecular formula is C32H42N6O4. The Bertz CT molecular complexity index is 1360. The number of nitrogens with one attached hydrogen (secondary N) is 1. The zero-order valence-electron chi connectivity index (χ0n) is 24.5. The number of allylic oxidation sites excluding steroid dienone is 1. The van der Waals surface area contributed by atoms with E-state index in [9.17, 15) is 14.7 Å². The van der Waals surface area contributed by atoms with Crippen LogP contribution in [0.4, 0.5) is 5.69 Å². The molecule has 0 aromatic heterocycles. The lowest BCUT2D eigenvalue weighted by Gasteiger charge is -2.19. The molecule has 0 bridgehead atoms. The molecule has 1 unspecified atom stereocenters. The Labute approximate surface area is 247 Å². The van der Waals surface area contributed by atoms with Gasteiger partial charge < -0.3 is 36.4 Å². The molecule has 2 aliphatic heterocycles. The number of amides is 1. The lowest BCUT2D eigenvalue weighted by atomic mass is 10.1. The number of aldehydes is 1. The highest BCUT2D eigenvalue weighted by Gasteiger charge is 2.27. The number of aryl methyl sites for hydroxylation is 2. The fourth-order valence-corrected chi connectivity index (χ4v) is 5.33. The minimum atomic E-state index is -0.876. The van der Waals surface area contributed by atoms with Crippen molar-refractivity contribution >= 4 is 23.7 Å². The van der Waals surface area contributed by atoms with E-state index in [4.69, 9.17) is 16.2 Å². The van der Waals surface area contributed by atoms with Crippen LogP contribution in [-0.2, 0) is 11.3 Å². The molecule has 224 valence electrons. The summed E-state index contributed by atoms with van der Waals surface area (Å²) in [6.45, 7) is 8.68. The first-order valence-corrected chi connectivity index (χ1v) is 14.5. The first-order chi connectivity index (χ1) is 20.3. The van der Waals surface area contributed by atoms with E-state index in [0.29, 0.717) is 42.1 Å². The summed E-state index contributed by atoms with van der Waals surface area (Å²) >= 11 is 0. The van der Waals surface area contributed by atoms with Gasteiger partial charge in [-0.1, -0.05) is 23.8 Å². The summed E-state index contributed by atoms with van der Waals surface area (Å²) in [6.07, 6.45) is 5.92. The van der Waals surface area contributed by atoms with E-state index in [1.807, 2.05) is 43.0 Å². The second-order valence-corrected chi connectivity index (χ2v) is 10.9. The molecule has 10 heteroatoms. The molecule has 1 amide bonds. The number of likely N-dealkylation sites (tertiary alicyclic amines) is 1. The van der Waals surface area contributed by atoms with Crippen LogP contribution >= 0.6 is 0 Å². The molecule has 2 aromatic carbocycles. The number of carbonyl (C=O) groups is 2. The van der Waals surface area contributed by atoms with Gasteiger partial charge in [-0.2, -0.15) is 0 Å². The first-order valence-electron chi connectivity index (χ1n) is 14.5. The van der Waals surface area contributed by atoms with Gasteiger partial charge in [0.15, 0.2) is 6.29 Å². The standard InChI is InChI=1S/C32H42N6O4/c1-22-6-9-30(23(2)16-22)42-21-26(40)18-35-29(10-11-33)28(20-39)31(34)36-25-8-7-24-19-38(32(41)27(24)17-25)15-5-14-37-12-3-4-13-37/h6-11,16-17,20,26,35,40H,3-5,12-15,18-19,21,33H2,1-2H3,(H2,34,36)/b11-10-,29-28-. The molecule has 0 spiro atoms. The van der Waals surface area contributed by atoms with E-state index in [1.165, 1.54) is 25.1 Å². The lowest BCUT2D eigenvalue weighted by molar-refractivity contribution is -0.104. The van der Waals surface area contributed by atoms with Crippen LogP contribution in [0.2, 0.25) is 0 Å². The van der Waals surface area contributed by atoms with Gasteiger partial charge in [0, 0.05) is 30.9 Å². The number of aliphatic hydroxyl groups is 1. The Morgan fingerprint density at radius 2 is 1.95 bits per heavy atom. The minimum Gasteiger partial charge on any atom is -0.491 e. The van der Waals surface area contributed by atoms with Gasteiger partial charge in [0.1, 0.15) is 24.3 Å². The largest absolute Gasteiger partial charge is 0.491 e. The van der Waals surface area contributed by atoms with E-state index in [-0.39, 0.29) is 30.5 Å². The number of benzene rings is 2. The quantitative estimate of drug-likeness (QED) is 0.0886. The number of hydrogen-bond donors (Lipinski definition) is 4. The summed E-state index contributed by atoms with van der Waals surface area (Å²) in [6, 6.07) is 11.2. The predicted molar refractivity (Wildman–Crippen MR) is 165 cm³/mol. The number of ether oxygens (including phenoxy) is 1. The number of rotatable bonds is 14. The van der Waals surface area contributed by atoms with Crippen molar-refractivity contribution in [3.05, 3.63) is 82.2 Å². The van der Waals surface area contributed by atoms with Crippen molar-refractivity contribution < 1.29 is 19.4 Å². The summed E-state index contributed by atoms with van der Waals surface area (Å²) in [7, 11) is 0. The maximum atomic E-state index is 13.1. The molecule has 1 atom stereocenters. The van der Waals surface area contributed by atoms with Gasteiger partial charge in [-0.05, 0) is 94.3 Å². The molecule has 2 heterocycles. The molecule has 4 rings (SSSR count). The number of nitrogens with zero attached hydrogens (tertiary/aromatic N) is 3. The molecule has 1 saturated heterocycles. The van der Waals surface area contributed by atoms with Crippen LogP contribution in [-0.4, -0.2) is 78.4 Å². The number of carbonyl (C=O) groups excluding carboxylic acids is 2. The Hall–Kier alpha value is -4.15. The molecule has 2 aromatic rings. The van der Waals surface area contributed by atoms with Gasteiger partial charge in [-0.15, -0.1) is 0 Å². The van der Waals surface area contributed by atoms with Crippen molar-refractivity contribution in [2.45, 2.75) is 45.8 Å². The van der Waals surface area contributed by atoms with Crippen molar-refractivity contribution in [1.29, 1.82) is 0 Å². The summed E-state index contributed by atoms with van der Waals surface area (Å²) in [4.78, 5) is 33.9. The molecule has 1 fully saturated rings. The molecular weight excluding hydrogens is 532 g/mol. The number of aliphatic hydroxyl groups excluding tert-OH is 1. The monoisotopic (exact) mass is 574 g/mol. The zero-order valence-corrected chi connectivity index (χ0v) is 24.5. The van der Waals surface area contributed by atoms with Gasteiger partial charge >= 0.3 is 0 Å². The fraction of sp³-hybridized carbons (Fsp3) is 0.406. The molecule has 10 nitrogen and oxygen atoms in total. The minimum absolute atomic E-state index is 0.0151. The molecule has 42 heavy (non-hydrogen) atoms. The highest BCUT2D eigenvalue weighted by molar-refractivity contribution is 6.14. The zero-order chi connectivity index (χ0) is 30.1. The van der Waals surface area contributed by atoms with E-state index in [2.05, 4.69) is 15.2 Å². The maximum absolute atomic E-state index is 13.1. The summed E-state index contributed by atoms with van der Waals surface area (Å²) in [5, 5.41) is 13.5. The van der Waals surface area contributed by atoms with Crippen molar-refractivity contribution in [2.24, 2.45) is 16.5 Å². The molecule has 6 N–H and O–H groups in total. The van der Waals surface area contributed by atoms with Gasteiger partial charge in [0.2, 0.25) is 0 Å². The number of aliphatic imine (C=N–C) groups is 1. The number of fused-ring (bicyclic) bond motifs is 1. The third kappa shape index (κ3) is 7.98. The lowest BCUT2D eigenvalue weighted by Crippen LogP contribution is -2.33. The van der Waals surface area contributed by atoms with E-state index >= 15 is 0 Å². The SMILES string of the molecule is Cc1ccc(OCC(O)CNC(/C=C\N)=C(/C=O)C(N)=Nc2ccc3c(c2)C(=O)N(CCCN2CCCC2)C3)c(C)c1. The van der Waals surface area contributed by atoms with Crippen molar-refractivity contribution in [3.8, 4) is 5.75 Å². The topological polar surface area (TPSA) is 147 Å². The smallest absolute Gasteiger partial charge is 0.254 e. The molecule has 0 saturated carbocycles. The van der Waals surface area contributed by atoms with Gasteiger partial charge in [0.25, 0.3) is 5.91 Å². The maximum Gasteiger partial charge on any atom is 0.254 e. The second kappa shape index (κ2) is 14.7. The van der Waals surface area contributed by atoms with Crippen LogP contribution < -0.4 is 21.5 Å². The van der Waals surface area contributed by atoms with Crippen LogP contribution in [0.15, 0.2) is 64.9 Å². The first kappa shape index (κ1) is 30.8. The normalized spacial score (nSPS) is 17.0. The summed E-state index contributed by atoms with van der Waals surface area (Å²) in [5.74, 6) is 0.637. The summed E-state index contributed by atoms with van der Waals surface area (Å²) < 4.78 is 5.76. The van der Waals surface area contributed by atoms with Gasteiger partial charge in [0.05, 0.1) is 11.3 Å². The Balaban J connectivity index is 1.39. The Morgan fingerprint density at radius 3 is 2.67 bits per heavy atom. The van der Waals surface area contributed by atoms with Gasteiger partial charge in [-0.3, -0.25) is 9.59 Å². The van der Waals surface area contributed by atoms with Crippen molar-refractivity contribution in [2.75, 3.05) is 39.3 Å². The van der Waals surface area contributed by atoms with E-state index < -0.39 is 6.10 Å². The molecule has 0 radical (unpaired) electrons. The van der Waals surface area contributed by atoms with Crippen LogP contribution in [0.3, 0.4) is 0 Å². The van der Waals surface area contributed by atoms with Gasteiger partial charge in [-0.25, -0.2) is 4.99 Å². The average molecular weight is 575 g/mol. The van der Waals surface area contributed by atoms with Crippen molar-refractivity contribution in [1.82, 2.24) is 15.1 Å². The van der Waals surface area contributed by atoms with Crippen LogP contribution in [0.1, 0.15) is 46.3 Å². The number of nitrogens with two attached hydrogens (primary N) is 2. The predicted octanol–water partition coefficient (Wildman–Crippen LogP) is 2.69.